The maximum atomic E-state index is 13.5. The van der Waals surface area contributed by atoms with E-state index < -0.39 is 16.8 Å². The zero-order chi connectivity index (χ0) is 19.7. The monoisotopic (exact) mass is 385 g/mol. The van der Waals surface area contributed by atoms with Crippen LogP contribution in [0.4, 0.5) is 11.5 Å². The molecule has 27 heavy (non-hydrogen) atoms. The van der Waals surface area contributed by atoms with Crippen molar-refractivity contribution < 1.29 is 9.00 Å². The van der Waals surface area contributed by atoms with E-state index in [4.69, 9.17) is 0 Å². The summed E-state index contributed by atoms with van der Waals surface area (Å²) in [7, 11) is -1.07. The molecule has 1 saturated heterocycles. The second-order valence-electron chi connectivity index (χ2n) is 7.51. The summed E-state index contributed by atoms with van der Waals surface area (Å²) in [5.41, 5.74) is 3.96. The minimum atomic E-state index is -1.07. The van der Waals surface area contributed by atoms with E-state index in [-0.39, 0.29) is 11.9 Å². The Labute approximate surface area is 163 Å². The first kappa shape index (κ1) is 19.5. The average Bonchev–Trinajstić information content (AvgIpc) is 2.96. The summed E-state index contributed by atoms with van der Waals surface area (Å²) < 4.78 is 12.4. The van der Waals surface area contributed by atoms with Gasteiger partial charge < -0.3 is 9.80 Å². The van der Waals surface area contributed by atoms with Crippen molar-refractivity contribution in [2.24, 2.45) is 0 Å². The standard InChI is InChI=1S/C21H27N3O2S/c1-14(2)24(18-8-6-7-15(3)10-18)21(25)19-12-27(26)13-23(19)20-11-16(4)9-17(5)22-20/h6-11,14,19H,12-13H2,1-5H3/t19-,27?/m1/s1. The van der Waals surface area contributed by atoms with E-state index in [1.54, 1.807) is 0 Å². The van der Waals surface area contributed by atoms with Crippen LogP contribution in [0, 0.1) is 20.8 Å². The molecule has 3 rings (SSSR count). The molecule has 144 valence electrons. The fourth-order valence-corrected chi connectivity index (χ4v) is 4.98. The van der Waals surface area contributed by atoms with Gasteiger partial charge in [0.15, 0.2) is 0 Å². The van der Waals surface area contributed by atoms with E-state index in [0.29, 0.717) is 11.6 Å². The molecule has 1 unspecified atom stereocenters. The predicted octanol–water partition coefficient (Wildman–Crippen LogP) is 3.34. The van der Waals surface area contributed by atoms with Crippen molar-refractivity contribution in [1.82, 2.24) is 4.98 Å². The van der Waals surface area contributed by atoms with Gasteiger partial charge in [-0.2, -0.15) is 0 Å². The van der Waals surface area contributed by atoms with Gasteiger partial charge in [0, 0.05) is 28.2 Å². The van der Waals surface area contributed by atoms with Gasteiger partial charge in [0.25, 0.3) is 5.91 Å². The predicted molar refractivity (Wildman–Crippen MR) is 112 cm³/mol. The van der Waals surface area contributed by atoms with Crippen LogP contribution in [0.2, 0.25) is 0 Å². The number of aryl methyl sites for hydroxylation is 3. The first-order valence-electron chi connectivity index (χ1n) is 9.23. The molecule has 0 N–H and O–H groups in total. The second-order valence-corrected chi connectivity index (χ2v) is 8.98. The zero-order valence-electron chi connectivity index (χ0n) is 16.6. The highest BCUT2D eigenvalue weighted by Crippen LogP contribution is 2.27. The summed E-state index contributed by atoms with van der Waals surface area (Å²) in [6.07, 6.45) is 0. The highest BCUT2D eigenvalue weighted by molar-refractivity contribution is 7.85. The maximum absolute atomic E-state index is 13.5. The molecule has 5 nitrogen and oxygen atoms in total. The van der Waals surface area contributed by atoms with Crippen LogP contribution in [0.3, 0.4) is 0 Å². The first-order valence-corrected chi connectivity index (χ1v) is 10.7. The lowest BCUT2D eigenvalue weighted by atomic mass is 10.1. The Kier molecular flexibility index (Phi) is 5.65. The number of carbonyl (C=O) groups excluding carboxylic acids is 1. The van der Waals surface area contributed by atoms with E-state index in [0.717, 1.165) is 28.3 Å². The Morgan fingerprint density at radius 2 is 1.93 bits per heavy atom. The van der Waals surface area contributed by atoms with E-state index in [1.165, 1.54) is 0 Å². The molecule has 2 aromatic rings. The summed E-state index contributed by atoms with van der Waals surface area (Å²) in [5, 5.41) is 0. The number of anilines is 2. The number of nitrogens with zero attached hydrogens (tertiary/aromatic N) is 3. The molecule has 1 aromatic carbocycles. The van der Waals surface area contributed by atoms with Crippen LogP contribution in [-0.4, -0.2) is 38.8 Å². The topological polar surface area (TPSA) is 53.5 Å². The third-order valence-electron chi connectivity index (χ3n) is 4.70. The summed E-state index contributed by atoms with van der Waals surface area (Å²) in [4.78, 5) is 21.8. The van der Waals surface area contributed by atoms with Gasteiger partial charge >= 0.3 is 0 Å². The van der Waals surface area contributed by atoms with Crippen LogP contribution in [0.25, 0.3) is 0 Å². The Balaban J connectivity index is 1.98. The smallest absolute Gasteiger partial charge is 0.250 e. The summed E-state index contributed by atoms with van der Waals surface area (Å²) in [6.45, 7) is 9.97. The molecular formula is C21H27N3O2S. The number of aromatic nitrogens is 1. The van der Waals surface area contributed by atoms with Crippen molar-refractivity contribution in [2.45, 2.75) is 46.7 Å². The van der Waals surface area contributed by atoms with Crippen molar-refractivity contribution in [3.8, 4) is 0 Å². The minimum Gasteiger partial charge on any atom is -0.332 e. The molecule has 2 atom stereocenters. The summed E-state index contributed by atoms with van der Waals surface area (Å²) in [5.74, 6) is 1.38. The lowest BCUT2D eigenvalue weighted by molar-refractivity contribution is -0.119. The molecule has 1 fully saturated rings. The number of carbonyl (C=O) groups is 1. The molecule has 0 spiro atoms. The number of amides is 1. The molecule has 6 heteroatoms. The van der Waals surface area contributed by atoms with E-state index in [9.17, 15) is 9.00 Å². The van der Waals surface area contributed by atoms with Crippen molar-refractivity contribution in [3.63, 3.8) is 0 Å². The van der Waals surface area contributed by atoms with E-state index >= 15 is 0 Å². The van der Waals surface area contributed by atoms with Crippen LogP contribution >= 0.6 is 0 Å². The van der Waals surface area contributed by atoms with Crippen LogP contribution in [0.1, 0.15) is 30.7 Å². The van der Waals surface area contributed by atoms with Gasteiger partial charge in [0.05, 0.1) is 11.6 Å². The molecule has 0 saturated carbocycles. The molecular weight excluding hydrogens is 358 g/mol. The van der Waals surface area contributed by atoms with Gasteiger partial charge in [-0.25, -0.2) is 4.98 Å². The Bertz CT molecular complexity index is 861. The SMILES string of the molecule is Cc1cccc(N(C(=O)[C@H]2CS(=O)CN2c2cc(C)cc(C)n2)C(C)C)c1. The van der Waals surface area contributed by atoms with Gasteiger partial charge in [-0.15, -0.1) is 0 Å². The van der Waals surface area contributed by atoms with Crippen LogP contribution in [0.5, 0.6) is 0 Å². The van der Waals surface area contributed by atoms with Crippen LogP contribution in [0.15, 0.2) is 36.4 Å². The molecule has 0 radical (unpaired) electrons. The number of hydrogen-bond acceptors (Lipinski definition) is 4. The molecule has 0 aliphatic carbocycles. The summed E-state index contributed by atoms with van der Waals surface area (Å²) >= 11 is 0. The number of pyridine rings is 1. The Hall–Kier alpha value is -2.21. The van der Waals surface area contributed by atoms with E-state index in [2.05, 4.69) is 4.98 Å². The fourth-order valence-electron chi connectivity index (χ4n) is 3.58. The van der Waals surface area contributed by atoms with Crippen molar-refractivity contribution in [3.05, 3.63) is 53.2 Å². The molecule has 1 aliphatic rings. The number of rotatable bonds is 4. The fraction of sp³-hybridized carbons (Fsp3) is 0.429. The summed E-state index contributed by atoms with van der Waals surface area (Å²) in [6, 6.07) is 11.4. The first-order chi connectivity index (χ1) is 12.8. The van der Waals surface area contributed by atoms with Crippen molar-refractivity contribution in [1.29, 1.82) is 0 Å². The molecule has 2 heterocycles. The van der Waals surface area contributed by atoms with Crippen molar-refractivity contribution in [2.75, 3.05) is 21.4 Å². The van der Waals surface area contributed by atoms with Gasteiger partial charge in [0.1, 0.15) is 11.9 Å². The normalized spacial score (nSPS) is 19.6. The average molecular weight is 386 g/mol. The third kappa shape index (κ3) is 4.21. The third-order valence-corrected chi connectivity index (χ3v) is 5.95. The molecule has 1 aliphatic heterocycles. The second kappa shape index (κ2) is 7.80. The van der Waals surface area contributed by atoms with Gasteiger partial charge in [0.2, 0.25) is 0 Å². The largest absolute Gasteiger partial charge is 0.332 e. The van der Waals surface area contributed by atoms with Crippen LogP contribution < -0.4 is 9.80 Å². The van der Waals surface area contributed by atoms with Gasteiger partial charge in [-0.3, -0.25) is 9.00 Å². The highest BCUT2D eigenvalue weighted by Gasteiger charge is 2.39. The Morgan fingerprint density at radius 1 is 1.19 bits per heavy atom. The molecule has 1 amide bonds. The molecule has 0 bridgehead atoms. The maximum Gasteiger partial charge on any atom is 0.250 e. The lowest BCUT2D eigenvalue weighted by Gasteiger charge is -2.33. The molecule has 1 aromatic heterocycles. The lowest BCUT2D eigenvalue weighted by Crippen LogP contribution is -2.50. The number of benzene rings is 1. The van der Waals surface area contributed by atoms with Crippen LogP contribution in [-0.2, 0) is 15.6 Å². The zero-order valence-corrected chi connectivity index (χ0v) is 17.4. The van der Waals surface area contributed by atoms with Gasteiger partial charge in [-0.1, -0.05) is 12.1 Å². The number of hydrogen-bond donors (Lipinski definition) is 0. The van der Waals surface area contributed by atoms with E-state index in [1.807, 2.05) is 80.8 Å². The quantitative estimate of drug-likeness (QED) is 0.810. The minimum absolute atomic E-state index is 0.00221. The Morgan fingerprint density at radius 3 is 2.56 bits per heavy atom. The van der Waals surface area contributed by atoms with Crippen molar-refractivity contribution >= 4 is 28.2 Å². The van der Waals surface area contributed by atoms with Gasteiger partial charge in [-0.05, 0) is 70.0 Å². The highest BCUT2D eigenvalue weighted by atomic mass is 32.2.